The summed E-state index contributed by atoms with van der Waals surface area (Å²) in [7, 11) is 1.61. The minimum Gasteiger partial charge on any atom is -0.370 e. The lowest BCUT2D eigenvalue weighted by Gasteiger charge is -2.40. The van der Waals surface area contributed by atoms with Crippen molar-refractivity contribution in [3.63, 3.8) is 0 Å². The lowest BCUT2D eigenvalue weighted by Crippen LogP contribution is -2.48. The van der Waals surface area contributed by atoms with Gasteiger partial charge in [0.1, 0.15) is 19.1 Å². The van der Waals surface area contributed by atoms with E-state index < -0.39 is 12.5 Å². The van der Waals surface area contributed by atoms with Crippen LogP contribution in [0.15, 0.2) is 30.3 Å². The van der Waals surface area contributed by atoms with Crippen molar-refractivity contribution in [2.75, 3.05) is 33.7 Å². The first-order chi connectivity index (χ1) is 11.2. The van der Waals surface area contributed by atoms with Crippen LogP contribution < -0.4 is 0 Å². The van der Waals surface area contributed by atoms with Crippen LogP contribution in [-0.4, -0.2) is 52.1 Å². The van der Waals surface area contributed by atoms with Crippen LogP contribution in [0.1, 0.15) is 25.2 Å². The van der Waals surface area contributed by atoms with Crippen LogP contribution in [0, 0.1) is 0 Å². The SMILES string of the molecule is CCOCOC.FC1COC2COC(c3ccccc3)OC2C1. The molecule has 0 aromatic heterocycles. The highest BCUT2D eigenvalue weighted by molar-refractivity contribution is 5.16. The molecule has 23 heavy (non-hydrogen) atoms. The van der Waals surface area contributed by atoms with Crippen LogP contribution in [0.4, 0.5) is 4.39 Å². The van der Waals surface area contributed by atoms with Crippen LogP contribution in [0.3, 0.4) is 0 Å². The Labute approximate surface area is 136 Å². The molecule has 0 aliphatic carbocycles. The number of rotatable bonds is 4. The molecule has 2 fully saturated rings. The monoisotopic (exact) mass is 328 g/mol. The highest BCUT2D eigenvalue weighted by atomic mass is 19.1. The molecule has 0 bridgehead atoms. The summed E-state index contributed by atoms with van der Waals surface area (Å²) in [5.74, 6) is 0. The average Bonchev–Trinajstić information content (AvgIpc) is 2.60. The maximum atomic E-state index is 13.2. The molecule has 0 saturated carbocycles. The molecular weight excluding hydrogens is 303 g/mol. The van der Waals surface area contributed by atoms with Gasteiger partial charge < -0.3 is 23.7 Å². The van der Waals surface area contributed by atoms with Crippen molar-refractivity contribution >= 4 is 0 Å². The number of benzene rings is 1. The predicted octanol–water partition coefficient (Wildman–Crippen LogP) is 2.85. The van der Waals surface area contributed by atoms with Gasteiger partial charge in [0.05, 0.1) is 19.3 Å². The Morgan fingerprint density at radius 2 is 1.91 bits per heavy atom. The number of alkyl halides is 1. The van der Waals surface area contributed by atoms with Gasteiger partial charge in [-0.1, -0.05) is 30.3 Å². The van der Waals surface area contributed by atoms with E-state index in [1.54, 1.807) is 7.11 Å². The van der Waals surface area contributed by atoms with Crippen LogP contribution in [0.2, 0.25) is 0 Å². The smallest absolute Gasteiger partial charge is 0.184 e. The third-order valence-electron chi connectivity index (χ3n) is 3.58. The molecule has 4 unspecified atom stereocenters. The fourth-order valence-corrected chi connectivity index (χ4v) is 2.44. The van der Waals surface area contributed by atoms with E-state index >= 15 is 0 Å². The Kier molecular flexibility index (Phi) is 7.91. The standard InChI is InChI=1S/C13H15FO3.C4H10O2/c14-10-6-11-12(15-7-10)8-16-13(17-11)9-4-2-1-3-5-9;1-3-6-4-5-2/h1-5,10-13H,6-8H2;3-4H2,1-2H3. The molecule has 3 rings (SSSR count). The van der Waals surface area contributed by atoms with E-state index in [-0.39, 0.29) is 18.8 Å². The molecule has 2 aliphatic rings. The molecule has 130 valence electrons. The van der Waals surface area contributed by atoms with Gasteiger partial charge in [-0.25, -0.2) is 4.39 Å². The van der Waals surface area contributed by atoms with Gasteiger partial charge in [-0.2, -0.15) is 0 Å². The normalized spacial score (nSPS) is 30.0. The minimum absolute atomic E-state index is 0.123. The summed E-state index contributed by atoms with van der Waals surface area (Å²) in [6.45, 7) is 3.70. The molecule has 5 nitrogen and oxygen atoms in total. The van der Waals surface area contributed by atoms with Gasteiger partial charge in [0.25, 0.3) is 0 Å². The Hall–Kier alpha value is -1.05. The zero-order valence-electron chi connectivity index (χ0n) is 13.7. The second kappa shape index (κ2) is 9.95. The summed E-state index contributed by atoms with van der Waals surface area (Å²) < 4.78 is 39.3. The number of fused-ring (bicyclic) bond motifs is 1. The van der Waals surface area contributed by atoms with Crippen molar-refractivity contribution in [2.24, 2.45) is 0 Å². The number of hydrogen-bond acceptors (Lipinski definition) is 5. The van der Waals surface area contributed by atoms with E-state index in [4.69, 9.17) is 18.9 Å². The van der Waals surface area contributed by atoms with Crippen LogP contribution in [-0.2, 0) is 23.7 Å². The maximum absolute atomic E-state index is 13.2. The molecule has 2 saturated heterocycles. The van der Waals surface area contributed by atoms with E-state index in [0.29, 0.717) is 19.8 Å². The molecule has 1 aromatic carbocycles. The van der Waals surface area contributed by atoms with E-state index in [9.17, 15) is 4.39 Å². The highest BCUT2D eigenvalue weighted by Crippen LogP contribution is 2.32. The summed E-state index contributed by atoms with van der Waals surface area (Å²) in [6, 6.07) is 9.70. The molecule has 0 radical (unpaired) electrons. The van der Waals surface area contributed by atoms with Gasteiger partial charge in [0, 0.05) is 25.7 Å². The van der Waals surface area contributed by atoms with Crippen molar-refractivity contribution in [1.82, 2.24) is 0 Å². The number of hydrogen-bond donors (Lipinski definition) is 0. The molecule has 1 aromatic rings. The molecular formula is C17H25FO5. The third-order valence-corrected chi connectivity index (χ3v) is 3.58. The maximum Gasteiger partial charge on any atom is 0.184 e. The second-order valence-electron chi connectivity index (χ2n) is 5.35. The highest BCUT2D eigenvalue weighted by Gasteiger charge is 2.38. The zero-order chi connectivity index (χ0) is 16.5. The Morgan fingerprint density at radius 1 is 1.13 bits per heavy atom. The third kappa shape index (κ3) is 5.82. The van der Waals surface area contributed by atoms with Crippen LogP contribution in [0.5, 0.6) is 0 Å². The van der Waals surface area contributed by atoms with Crippen molar-refractivity contribution in [3.8, 4) is 0 Å². The van der Waals surface area contributed by atoms with Crippen molar-refractivity contribution < 1.29 is 28.1 Å². The van der Waals surface area contributed by atoms with Crippen molar-refractivity contribution in [1.29, 1.82) is 0 Å². The summed E-state index contributed by atoms with van der Waals surface area (Å²) in [5, 5.41) is 0. The van der Waals surface area contributed by atoms with E-state index in [0.717, 1.165) is 12.2 Å². The van der Waals surface area contributed by atoms with E-state index in [1.165, 1.54) is 0 Å². The molecule has 4 atom stereocenters. The van der Waals surface area contributed by atoms with Gasteiger partial charge >= 0.3 is 0 Å². The molecule has 2 heterocycles. The first-order valence-electron chi connectivity index (χ1n) is 7.89. The minimum atomic E-state index is -0.925. The van der Waals surface area contributed by atoms with Gasteiger partial charge in [-0.3, -0.25) is 0 Å². The first kappa shape index (κ1) is 18.3. The lowest BCUT2D eigenvalue weighted by molar-refractivity contribution is -0.284. The molecule has 2 aliphatic heterocycles. The summed E-state index contributed by atoms with van der Waals surface area (Å²) in [6.07, 6.45) is -1.24. The Bertz CT molecular complexity index is 426. The average molecular weight is 328 g/mol. The molecule has 0 N–H and O–H groups in total. The fourth-order valence-electron chi connectivity index (χ4n) is 2.44. The second-order valence-corrected chi connectivity index (χ2v) is 5.35. The lowest BCUT2D eigenvalue weighted by atomic mass is 10.0. The van der Waals surface area contributed by atoms with E-state index in [2.05, 4.69) is 4.74 Å². The van der Waals surface area contributed by atoms with E-state index in [1.807, 2.05) is 37.3 Å². The largest absolute Gasteiger partial charge is 0.370 e. The Balaban J connectivity index is 0.000000277. The summed E-state index contributed by atoms with van der Waals surface area (Å²) in [5.41, 5.74) is 0.965. The Morgan fingerprint density at radius 3 is 2.57 bits per heavy atom. The van der Waals surface area contributed by atoms with Gasteiger partial charge in [-0.15, -0.1) is 0 Å². The molecule has 0 spiro atoms. The van der Waals surface area contributed by atoms with Crippen molar-refractivity contribution in [3.05, 3.63) is 35.9 Å². The number of methoxy groups -OCH3 is 1. The zero-order valence-corrected chi connectivity index (χ0v) is 13.7. The fraction of sp³-hybridized carbons (Fsp3) is 0.647. The van der Waals surface area contributed by atoms with Gasteiger partial charge in [0.2, 0.25) is 0 Å². The van der Waals surface area contributed by atoms with Crippen LogP contribution >= 0.6 is 0 Å². The molecule has 6 heteroatoms. The van der Waals surface area contributed by atoms with Gasteiger partial charge in [0.15, 0.2) is 6.29 Å². The summed E-state index contributed by atoms with van der Waals surface area (Å²) in [4.78, 5) is 0. The predicted molar refractivity (Wildman–Crippen MR) is 82.8 cm³/mol. The molecule has 0 amide bonds. The van der Waals surface area contributed by atoms with Crippen LogP contribution in [0.25, 0.3) is 0 Å². The summed E-state index contributed by atoms with van der Waals surface area (Å²) >= 11 is 0. The van der Waals surface area contributed by atoms with Crippen molar-refractivity contribution in [2.45, 2.75) is 38.0 Å². The first-order valence-corrected chi connectivity index (χ1v) is 7.89. The topological polar surface area (TPSA) is 46.2 Å². The number of ether oxygens (including phenoxy) is 5. The van der Waals surface area contributed by atoms with Gasteiger partial charge in [-0.05, 0) is 6.92 Å². The quantitative estimate of drug-likeness (QED) is 0.628. The number of halogens is 1.